The van der Waals surface area contributed by atoms with Gasteiger partial charge in [-0.05, 0) is 107 Å². The molecule has 0 radical (unpaired) electrons. The summed E-state index contributed by atoms with van der Waals surface area (Å²) in [7, 11) is 0. The summed E-state index contributed by atoms with van der Waals surface area (Å²) in [5, 5.41) is 39.6. The van der Waals surface area contributed by atoms with Gasteiger partial charge in [0.2, 0.25) is 29.1 Å². The van der Waals surface area contributed by atoms with Gasteiger partial charge in [-0.3, -0.25) is 38.5 Å². The fourth-order valence-electron chi connectivity index (χ4n) is 10.8. The van der Waals surface area contributed by atoms with Gasteiger partial charge in [0, 0.05) is 41.7 Å². The first kappa shape index (κ1) is 71.0. The fourth-order valence-corrected chi connectivity index (χ4v) is 11.8. The molecule has 0 saturated carbocycles. The van der Waals surface area contributed by atoms with Crippen LogP contribution >= 0.6 is 46.4 Å². The maximum atomic E-state index is 11.3. The van der Waals surface area contributed by atoms with Crippen molar-refractivity contribution in [3.05, 3.63) is 213 Å². The van der Waals surface area contributed by atoms with Crippen LogP contribution in [0.4, 0.5) is 0 Å². The molecule has 0 unspecified atom stereocenters. The van der Waals surface area contributed by atoms with Crippen LogP contribution in [0.1, 0.15) is 11.8 Å². The lowest BCUT2D eigenvalue weighted by Gasteiger charge is -2.18. The second-order valence-corrected chi connectivity index (χ2v) is 24.5. The van der Waals surface area contributed by atoms with Crippen molar-refractivity contribution >= 4 is 90.8 Å². The lowest BCUT2D eigenvalue weighted by Crippen LogP contribution is -2.15. The van der Waals surface area contributed by atoms with Crippen LogP contribution in [-0.2, 0) is 0 Å². The van der Waals surface area contributed by atoms with E-state index < -0.39 is 28.8 Å². The number of benzene rings is 5. The van der Waals surface area contributed by atoms with Crippen LogP contribution in [-0.4, -0.2) is 155 Å². The molecule has 112 heavy (non-hydrogen) atoms. The number of ether oxygens (including phenoxy) is 2. The van der Waals surface area contributed by atoms with Gasteiger partial charge < -0.3 is 27.1 Å². The molecular weight excluding hydrogens is 1550 g/mol. The van der Waals surface area contributed by atoms with Gasteiger partial charge in [0.1, 0.15) is 84.4 Å². The smallest absolute Gasteiger partial charge is 0.439 e. The minimum atomic E-state index is -0.680. The Morgan fingerprint density at radius 2 is 0.688 bits per heavy atom. The van der Waals surface area contributed by atoms with Crippen molar-refractivity contribution in [3.8, 4) is 125 Å². The number of nitrogens with zero attached hydrogens (tertiary/aromatic N) is 21. The third kappa shape index (κ3) is 15.5. The quantitative estimate of drug-likeness (QED) is 0.0670. The molecule has 0 atom stereocenters. The zero-order valence-corrected chi connectivity index (χ0v) is 59.2. The maximum Gasteiger partial charge on any atom is 0.439 e. The van der Waals surface area contributed by atoms with Crippen molar-refractivity contribution in [1.82, 2.24) is 141 Å². The highest BCUT2D eigenvalue weighted by Gasteiger charge is 2.20. The molecule has 20 rings (SSSR count). The normalized spacial score (nSPS) is 11.6. The molecule has 554 valence electrons. The molecule has 5 aromatic carbocycles. The number of fused-ring (bicyclic) bond motifs is 5. The molecule has 7 N–H and O–H groups in total. The summed E-state index contributed by atoms with van der Waals surface area (Å²) in [6.45, 7) is 4.59. The number of aromatic nitrogens is 28. The van der Waals surface area contributed by atoms with Crippen molar-refractivity contribution in [3.63, 3.8) is 0 Å². The number of aryl methyl sites for hydroxylation is 2. The molecule has 0 bridgehead atoms. The highest BCUT2D eigenvalue weighted by molar-refractivity contribution is 6.36. The van der Waals surface area contributed by atoms with E-state index in [1.807, 2.05) is 30.3 Å². The van der Waals surface area contributed by atoms with Crippen LogP contribution in [0.15, 0.2) is 184 Å². The third-order valence-electron chi connectivity index (χ3n) is 15.6. The zero-order valence-electron chi connectivity index (χ0n) is 56.2. The topological polar surface area (TPSA) is 577 Å². The van der Waals surface area contributed by atoms with Crippen LogP contribution in [0.5, 0.6) is 11.5 Å². The Morgan fingerprint density at radius 3 is 1.06 bits per heavy atom. The first-order chi connectivity index (χ1) is 54.4. The van der Waals surface area contributed by atoms with E-state index in [0.29, 0.717) is 170 Å². The molecule has 15 heterocycles. The van der Waals surface area contributed by atoms with Crippen molar-refractivity contribution in [1.29, 1.82) is 0 Å². The van der Waals surface area contributed by atoms with Gasteiger partial charge >= 0.3 is 28.8 Å². The lowest BCUT2D eigenvalue weighted by atomic mass is 10.1. The average Bonchev–Trinajstić information content (AvgIpc) is 1.65. The van der Waals surface area contributed by atoms with Gasteiger partial charge in [-0.2, -0.15) is 10.4 Å². The summed E-state index contributed by atoms with van der Waals surface area (Å²) < 4.78 is 45.3. The van der Waals surface area contributed by atoms with Crippen molar-refractivity contribution < 1.29 is 40.7 Å². The van der Waals surface area contributed by atoms with Gasteiger partial charge in [0.05, 0.1) is 59.6 Å². The monoisotopic (exact) mass is 1590 g/mol. The molecule has 0 spiro atoms. The molecule has 19 aromatic rings. The van der Waals surface area contributed by atoms with Gasteiger partial charge in [-0.15, -0.1) is 20.4 Å². The van der Waals surface area contributed by atoms with Crippen LogP contribution in [0.3, 0.4) is 0 Å². The Morgan fingerprint density at radius 1 is 0.339 bits per heavy atom. The first-order valence-corrected chi connectivity index (χ1v) is 33.4. The first-order valence-electron chi connectivity index (χ1n) is 31.9. The Hall–Kier alpha value is -15.3. The SMILES string of the molecule is Cc1nc2cc(-c3cc(-c4nn[nH]n4)ncn3)cc(Cl)c2o1.Cc1nc2cc(-c3cc(-c4noc(=O)[nH]4)ncn3)cc(Cl)c2o1.O=c1[nH]c(-c2cc(-c3cc(Cl)c4oc(=O)[nH]c4c3)ncn2)no1.O=c1[nH]c(-c2cc(-c3ccc4c(c3)OCCO4)ncn2)no1.O=c1[nH]c2cc(-c3cc(-c4nn[nH]n4)ncn3)cc(Cl)c2o1. The van der Waals surface area contributed by atoms with Crippen LogP contribution in [0, 0.1) is 13.8 Å². The predicted molar refractivity (Wildman–Crippen MR) is 388 cm³/mol. The largest absolute Gasteiger partial charge is 0.486 e. The van der Waals surface area contributed by atoms with Crippen molar-refractivity contribution in [2.75, 3.05) is 13.2 Å². The van der Waals surface area contributed by atoms with E-state index in [4.69, 9.17) is 73.5 Å². The summed E-state index contributed by atoms with van der Waals surface area (Å²) in [5.41, 5.74) is 13.1. The summed E-state index contributed by atoms with van der Waals surface area (Å²) in [4.78, 5) is 118. The van der Waals surface area contributed by atoms with Crippen LogP contribution in [0.2, 0.25) is 20.1 Å². The minimum absolute atomic E-state index is 0.183. The second-order valence-electron chi connectivity index (χ2n) is 22.9. The Kier molecular flexibility index (Phi) is 19.3. The predicted octanol–water partition coefficient (Wildman–Crippen LogP) is 9.26. The van der Waals surface area contributed by atoms with Gasteiger partial charge in [0.25, 0.3) is 0 Å². The van der Waals surface area contributed by atoms with Crippen molar-refractivity contribution in [2.45, 2.75) is 13.8 Å². The number of aromatic amines is 7. The molecule has 0 fully saturated rings. The molecule has 42 nitrogen and oxygen atoms in total. The number of halogens is 4. The van der Waals surface area contributed by atoms with E-state index in [9.17, 15) is 24.0 Å². The highest BCUT2D eigenvalue weighted by Crippen LogP contribution is 2.37. The molecule has 0 aliphatic carbocycles. The van der Waals surface area contributed by atoms with E-state index in [2.05, 4.69) is 155 Å². The van der Waals surface area contributed by atoms with E-state index in [1.165, 1.54) is 31.6 Å². The summed E-state index contributed by atoms with van der Waals surface area (Å²) in [5.74, 6) is 0.776. The van der Waals surface area contributed by atoms with Crippen LogP contribution in [0.25, 0.3) is 158 Å². The molecular formula is C66H38Cl4N28O14. The average molecular weight is 1590 g/mol. The van der Waals surface area contributed by atoms with E-state index in [0.717, 1.165) is 16.7 Å². The summed E-state index contributed by atoms with van der Waals surface area (Å²) >= 11 is 24.7. The van der Waals surface area contributed by atoms with Crippen molar-refractivity contribution in [2.24, 2.45) is 0 Å². The third-order valence-corrected chi connectivity index (χ3v) is 16.7. The summed E-state index contributed by atoms with van der Waals surface area (Å²) in [6.07, 6.45) is 6.90. The number of H-pyrrole nitrogens is 7. The van der Waals surface area contributed by atoms with Crippen LogP contribution < -0.4 is 38.3 Å². The Bertz CT molecular complexity index is 7020. The lowest BCUT2D eigenvalue weighted by molar-refractivity contribution is 0.171. The highest BCUT2D eigenvalue weighted by atomic mass is 35.5. The molecule has 0 amide bonds. The molecule has 46 heteroatoms. The number of nitrogens with one attached hydrogen (secondary N) is 7. The number of tetrazole rings is 2. The number of rotatable bonds is 10. The molecule has 1 aliphatic rings. The van der Waals surface area contributed by atoms with Gasteiger partial charge in [-0.1, -0.05) is 61.9 Å². The molecule has 14 aromatic heterocycles. The number of oxazole rings is 4. The molecule has 1 aliphatic heterocycles. The van der Waals surface area contributed by atoms with E-state index >= 15 is 0 Å². The molecule has 0 saturated heterocycles. The Labute approximate surface area is 635 Å². The fraction of sp³-hybridized carbons (Fsp3) is 0.0606. The Balaban J connectivity index is 0.000000106. The van der Waals surface area contributed by atoms with E-state index in [1.54, 1.807) is 80.6 Å². The minimum Gasteiger partial charge on any atom is -0.486 e. The van der Waals surface area contributed by atoms with Gasteiger partial charge in [0.15, 0.2) is 45.6 Å². The maximum absolute atomic E-state index is 11.3. The second kappa shape index (κ2) is 30.5. The van der Waals surface area contributed by atoms with E-state index in [-0.39, 0.29) is 28.1 Å². The summed E-state index contributed by atoms with van der Waals surface area (Å²) in [6, 6.07) is 27.8. The number of hydrogen-bond donors (Lipinski definition) is 7. The standard InChI is InChI=1S/C14H8ClN5O3.C14H10N4O4.C13H8ClN7O.C13H6ClN5O4.C12H6ClN7O2/c1-6-18-10-3-7(2-8(15)12(10)22-6)9-4-11(17-5-16-9)13-19-14(21)23-20-13;19-14-17-13(18-22-14)10-6-9(15-7-16-10)8-1-2-11-12(5-8)21-4-3-20-11;1-6-17-10-3-7(2-8(14)12(10)22-6)9-4-11(16-5-15-9)13-18-20-21-19-13;14-6-1-5(2-8-10(6)22-12(20)17-8)7-3-9(16-4-15-7)11-18-13(21)23-19-11;13-6-1-5(2-8-10(6)22-12(21)16-8)7-3-9(15-4-14-7)11-17-19-20-18-11/h2-5H,1H3,(H,19,20,21);1-2,5-7H,3-4H2,(H,17,18,19);2-5H,1H3,(H,18,19,20,21);1-4H,(H,17,20)(H,18,19,21);1-4H,(H,16,21)(H,17,18,19,20). The zero-order chi connectivity index (χ0) is 77.1. The number of hydrogen-bond acceptors (Lipinski definition) is 35. The van der Waals surface area contributed by atoms with Gasteiger partial charge in [-0.25, -0.2) is 83.8 Å².